The number of rotatable bonds is 4. The normalized spacial score (nSPS) is 39.4. The second-order valence-corrected chi connectivity index (χ2v) is 5.81. The molecule has 2 fully saturated rings. The molecule has 0 aromatic heterocycles. The van der Waals surface area contributed by atoms with E-state index in [0.29, 0.717) is 18.6 Å². The van der Waals surface area contributed by atoms with Crippen molar-refractivity contribution in [2.75, 3.05) is 26.3 Å². The van der Waals surface area contributed by atoms with Gasteiger partial charge < -0.3 is 19.5 Å². The summed E-state index contributed by atoms with van der Waals surface area (Å²) in [7, 11) is 0. The van der Waals surface area contributed by atoms with Gasteiger partial charge in [0.2, 0.25) is 0 Å². The maximum atomic E-state index is 9.06. The van der Waals surface area contributed by atoms with E-state index < -0.39 is 5.79 Å². The summed E-state index contributed by atoms with van der Waals surface area (Å²) in [5, 5.41) is 9.06. The molecule has 4 heteroatoms. The van der Waals surface area contributed by atoms with Crippen LogP contribution in [0.3, 0.4) is 0 Å². The van der Waals surface area contributed by atoms with E-state index in [4.69, 9.17) is 14.6 Å². The summed E-state index contributed by atoms with van der Waals surface area (Å²) in [6, 6.07) is 0.628. The fourth-order valence-electron chi connectivity index (χ4n) is 2.91. The van der Waals surface area contributed by atoms with Crippen LogP contribution in [0.5, 0.6) is 0 Å². The Morgan fingerprint density at radius 2 is 2.24 bits per heavy atom. The molecule has 0 saturated carbocycles. The number of hydrogen-bond acceptors (Lipinski definition) is 4. The van der Waals surface area contributed by atoms with Gasteiger partial charge in [-0.1, -0.05) is 0 Å². The monoisotopic (exact) mass is 243 g/mol. The summed E-state index contributed by atoms with van der Waals surface area (Å²) >= 11 is 0. The first-order valence-electron chi connectivity index (χ1n) is 6.69. The van der Waals surface area contributed by atoms with E-state index in [1.54, 1.807) is 0 Å². The van der Waals surface area contributed by atoms with Gasteiger partial charge >= 0.3 is 0 Å². The Morgan fingerprint density at radius 3 is 2.76 bits per heavy atom. The van der Waals surface area contributed by atoms with Crippen LogP contribution in [0.25, 0.3) is 0 Å². The smallest absolute Gasteiger partial charge is 0.166 e. The Labute approximate surface area is 104 Å². The van der Waals surface area contributed by atoms with Gasteiger partial charge in [0.15, 0.2) is 5.79 Å². The summed E-state index contributed by atoms with van der Waals surface area (Å²) in [6.45, 7) is 9.39. The molecule has 0 spiro atoms. The molecule has 0 radical (unpaired) electrons. The van der Waals surface area contributed by atoms with Gasteiger partial charge in [0.1, 0.15) is 6.10 Å². The average molecular weight is 243 g/mol. The van der Waals surface area contributed by atoms with E-state index in [9.17, 15) is 0 Å². The molecule has 2 aliphatic rings. The lowest BCUT2D eigenvalue weighted by molar-refractivity contribution is -0.168. The molecule has 2 rings (SSSR count). The van der Waals surface area contributed by atoms with Crippen molar-refractivity contribution in [1.29, 1.82) is 0 Å². The molecule has 2 saturated heterocycles. The van der Waals surface area contributed by atoms with E-state index in [0.717, 1.165) is 13.0 Å². The molecule has 17 heavy (non-hydrogen) atoms. The third-order valence-corrected chi connectivity index (χ3v) is 3.90. The number of aliphatic hydroxyl groups excluding tert-OH is 1. The fourth-order valence-corrected chi connectivity index (χ4v) is 2.91. The highest BCUT2D eigenvalue weighted by atomic mass is 16.7. The summed E-state index contributed by atoms with van der Waals surface area (Å²) in [4.78, 5) is 2.51. The second kappa shape index (κ2) is 5.22. The van der Waals surface area contributed by atoms with Crippen LogP contribution in [0.15, 0.2) is 0 Å². The van der Waals surface area contributed by atoms with Gasteiger partial charge in [0, 0.05) is 19.0 Å². The summed E-state index contributed by atoms with van der Waals surface area (Å²) in [6.07, 6.45) is 2.03. The zero-order valence-electron chi connectivity index (χ0n) is 11.2. The van der Waals surface area contributed by atoms with Gasteiger partial charge in [-0.05, 0) is 39.7 Å². The molecule has 0 aliphatic carbocycles. The Kier molecular flexibility index (Phi) is 4.08. The minimum atomic E-state index is -0.481. The van der Waals surface area contributed by atoms with Crippen molar-refractivity contribution in [2.24, 2.45) is 5.92 Å². The van der Waals surface area contributed by atoms with Crippen molar-refractivity contribution < 1.29 is 14.6 Å². The summed E-state index contributed by atoms with van der Waals surface area (Å²) in [5.74, 6) is 0.172. The topological polar surface area (TPSA) is 41.9 Å². The van der Waals surface area contributed by atoms with Gasteiger partial charge in [-0.25, -0.2) is 0 Å². The Balaban J connectivity index is 1.82. The van der Waals surface area contributed by atoms with Crippen molar-refractivity contribution in [1.82, 2.24) is 4.90 Å². The molecule has 4 nitrogen and oxygen atoms in total. The molecule has 3 atom stereocenters. The van der Waals surface area contributed by atoms with Crippen molar-refractivity contribution in [3.63, 3.8) is 0 Å². The van der Waals surface area contributed by atoms with Crippen LogP contribution in [-0.2, 0) is 9.47 Å². The molecule has 2 aliphatic heterocycles. The van der Waals surface area contributed by atoms with Gasteiger partial charge in [-0.3, -0.25) is 0 Å². The highest BCUT2D eigenvalue weighted by Gasteiger charge is 2.40. The van der Waals surface area contributed by atoms with Crippen molar-refractivity contribution in [3.8, 4) is 0 Å². The fraction of sp³-hybridized carbons (Fsp3) is 1.00. The highest BCUT2D eigenvalue weighted by molar-refractivity contribution is 4.84. The molecule has 0 amide bonds. The molecule has 2 heterocycles. The lowest BCUT2D eigenvalue weighted by atomic mass is 9.99. The number of hydrogen-bond donors (Lipinski definition) is 1. The first kappa shape index (κ1) is 13.3. The van der Waals surface area contributed by atoms with Crippen LogP contribution in [-0.4, -0.2) is 54.2 Å². The SMILES string of the molecule is CC(C)N1CCC(CC2(C)OCC(CO)O2)C1. The largest absolute Gasteiger partial charge is 0.394 e. The highest BCUT2D eigenvalue weighted by Crippen LogP contribution is 2.33. The molecule has 3 unspecified atom stereocenters. The predicted molar refractivity (Wildman–Crippen MR) is 65.7 cm³/mol. The number of nitrogens with zero attached hydrogens (tertiary/aromatic N) is 1. The van der Waals surface area contributed by atoms with E-state index >= 15 is 0 Å². The van der Waals surface area contributed by atoms with Crippen LogP contribution in [0, 0.1) is 5.92 Å². The lowest BCUT2D eigenvalue weighted by Crippen LogP contribution is -2.33. The average Bonchev–Trinajstić information content (AvgIpc) is 2.86. The third-order valence-electron chi connectivity index (χ3n) is 3.90. The second-order valence-electron chi connectivity index (χ2n) is 5.81. The van der Waals surface area contributed by atoms with Crippen molar-refractivity contribution in [3.05, 3.63) is 0 Å². The number of ether oxygens (including phenoxy) is 2. The van der Waals surface area contributed by atoms with Crippen LogP contribution < -0.4 is 0 Å². The first-order chi connectivity index (χ1) is 8.02. The quantitative estimate of drug-likeness (QED) is 0.806. The van der Waals surface area contributed by atoms with E-state index in [1.165, 1.54) is 13.0 Å². The Bertz CT molecular complexity index is 259. The molecule has 0 aromatic rings. The predicted octanol–water partition coefficient (Wildman–Crippen LogP) is 1.23. The van der Waals surface area contributed by atoms with E-state index in [1.807, 2.05) is 6.92 Å². The maximum absolute atomic E-state index is 9.06. The third kappa shape index (κ3) is 3.19. The van der Waals surface area contributed by atoms with Gasteiger partial charge in [-0.15, -0.1) is 0 Å². The van der Waals surface area contributed by atoms with Crippen LogP contribution in [0.2, 0.25) is 0 Å². The standard InChI is InChI=1S/C13H25NO3/c1-10(2)14-5-4-11(7-14)6-13(3)16-9-12(8-15)17-13/h10-12,15H,4-9H2,1-3H3. The Hall–Kier alpha value is -0.160. The minimum absolute atomic E-state index is 0.0539. The molecule has 0 aromatic carbocycles. The lowest BCUT2D eigenvalue weighted by Gasteiger charge is -2.27. The van der Waals surface area contributed by atoms with E-state index in [2.05, 4.69) is 18.7 Å². The van der Waals surface area contributed by atoms with Gasteiger partial charge in [0.25, 0.3) is 0 Å². The summed E-state index contributed by atoms with van der Waals surface area (Å²) in [5.41, 5.74) is 0. The van der Waals surface area contributed by atoms with Crippen LogP contribution in [0.1, 0.15) is 33.6 Å². The molecule has 1 N–H and O–H groups in total. The first-order valence-corrected chi connectivity index (χ1v) is 6.69. The number of likely N-dealkylation sites (tertiary alicyclic amines) is 1. The molecular weight excluding hydrogens is 218 g/mol. The van der Waals surface area contributed by atoms with Crippen LogP contribution >= 0.6 is 0 Å². The van der Waals surface area contributed by atoms with Crippen molar-refractivity contribution in [2.45, 2.75) is 51.5 Å². The molecule has 0 bridgehead atoms. The minimum Gasteiger partial charge on any atom is -0.394 e. The zero-order valence-corrected chi connectivity index (χ0v) is 11.2. The maximum Gasteiger partial charge on any atom is 0.166 e. The Morgan fingerprint density at radius 1 is 1.47 bits per heavy atom. The van der Waals surface area contributed by atoms with Crippen molar-refractivity contribution >= 4 is 0 Å². The molecule has 100 valence electrons. The zero-order chi connectivity index (χ0) is 12.5. The van der Waals surface area contributed by atoms with E-state index in [-0.39, 0.29) is 12.7 Å². The summed E-state index contributed by atoms with van der Waals surface area (Å²) < 4.78 is 11.5. The number of aliphatic hydroxyl groups is 1. The van der Waals surface area contributed by atoms with Crippen LogP contribution in [0.4, 0.5) is 0 Å². The van der Waals surface area contributed by atoms with Gasteiger partial charge in [-0.2, -0.15) is 0 Å². The van der Waals surface area contributed by atoms with Gasteiger partial charge in [0.05, 0.1) is 13.2 Å². The molecular formula is C13H25NO3.